The third-order valence-corrected chi connectivity index (χ3v) is 4.63. The lowest BCUT2D eigenvalue weighted by atomic mass is 10.2. The summed E-state index contributed by atoms with van der Waals surface area (Å²) < 4.78 is 5.00. The zero-order valence-electron chi connectivity index (χ0n) is 15.9. The number of nitrogens with one attached hydrogen (secondary N) is 2. The van der Waals surface area contributed by atoms with Crippen LogP contribution in [0.5, 0.6) is 0 Å². The third kappa shape index (κ3) is 5.42. The Hall–Kier alpha value is -2.64. The fourth-order valence-corrected chi connectivity index (χ4v) is 2.97. The highest BCUT2D eigenvalue weighted by Crippen LogP contribution is 2.20. The molecule has 0 radical (unpaired) electrons. The molecule has 1 fully saturated rings. The number of piperazine rings is 1. The first-order chi connectivity index (χ1) is 13.2. The SMILES string of the molecule is COCCNc1cc(C(=O)Nc2ccc(N3CCN(C)CC3)cc2)ccn1. The first-order valence-corrected chi connectivity index (χ1v) is 9.19. The predicted octanol–water partition coefficient (Wildman–Crippen LogP) is 2.14. The van der Waals surface area contributed by atoms with E-state index in [4.69, 9.17) is 4.74 Å². The van der Waals surface area contributed by atoms with Crippen LogP contribution >= 0.6 is 0 Å². The van der Waals surface area contributed by atoms with Crippen molar-refractivity contribution in [3.63, 3.8) is 0 Å². The van der Waals surface area contributed by atoms with Crippen LogP contribution in [0.15, 0.2) is 42.6 Å². The van der Waals surface area contributed by atoms with Crippen molar-refractivity contribution in [2.24, 2.45) is 0 Å². The number of amides is 1. The number of rotatable bonds is 7. The van der Waals surface area contributed by atoms with E-state index in [9.17, 15) is 4.79 Å². The second-order valence-electron chi connectivity index (χ2n) is 6.64. The normalized spacial score (nSPS) is 14.8. The Bertz CT molecular complexity index is 742. The van der Waals surface area contributed by atoms with Gasteiger partial charge < -0.3 is 25.2 Å². The van der Waals surface area contributed by atoms with Crippen molar-refractivity contribution in [3.05, 3.63) is 48.2 Å². The van der Waals surface area contributed by atoms with Gasteiger partial charge in [-0.1, -0.05) is 0 Å². The van der Waals surface area contributed by atoms with Crippen molar-refractivity contribution in [2.75, 3.05) is 69.0 Å². The highest BCUT2D eigenvalue weighted by atomic mass is 16.5. The smallest absolute Gasteiger partial charge is 0.255 e. The summed E-state index contributed by atoms with van der Waals surface area (Å²) in [5.74, 6) is 0.504. The summed E-state index contributed by atoms with van der Waals surface area (Å²) in [4.78, 5) is 21.4. The van der Waals surface area contributed by atoms with E-state index in [0.29, 0.717) is 24.5 Å². The second-order valence-corrected chi connectivity index (χ2v) is 6.64. The van der Waals surface area contributed by atoms with Crippen molar-refractivity contribution < 1.29 is 9.53 Å². The van der Waals surface area contributed by atoms with E-state index in [1.165, 1.54) is 5.69 Å². The van der Waals surface area contributed by atoms with Crippen LogP contribution in [0, 0.1) is 0 Å². The molecule has 1 saturated heterocycles. The van der Waals surface area contributed by atoms with E-state index in [0.717, 1.165) is 31.9 Å². The van der Waals surface area contributed by atoms with Gasteiger partial charge in [-0.2, -0.15) is 0 Å². The van der Waals surface area contributed by atoms with Gasteiger partial charge in [0, 0.05) is 63.0 Å². The quantitative estimate of drug-likeness (QED) is 0.729. The van der Waals surface area contributed by atoms with Gasteiger partial charge in [-0.05, 0) is 43.4 Å². The molecule has 0 aliphatic carbocycles. The number of hydrogen-bond acceptors (Lipinski definition) is 6. The Kier molecular flexibility index (Phi) is 6.62. The van der Waals surface area contributed by atoms with Crippen molar-refractivity contribution >= 4 is 23.1 Å². The number of carbonyl (C=O) groups excluding carboxylic acids is 1. The minimum Gasteiger partial charge on any atom is -0.383 e. The number of carbonyl (C=O) groups is 1. The molecule has 7 heteroatoms. The average Bonchev–Trinajstić information content (AvgIpc) is 2.70. The number of ether oxygens (including phenoxy) is 1. The Morgan fingerprint density at radius 3 is 2.59 bits per heavy atom. The van der Waals surface area contributed by atoms with Gasteiger partial charge in [-0.3, -0.25) is 4.79 Å². The number of aromatic nitrogens is 1. The molecule has 0 atom stereocenters. The lowest BCUT2D eigenvalue weighted by Gasteiger charge is -2.34. The summed E-state index contributed by atoms with van der Waals surface area (Å²) in [5.41, 5.74) is 2.53. The van der Waals surface area contributed by atoms with Crippen LogP contribution in [0.1, 0.15) is 10.4 Å². The van der Waals surface area contributed by atoms with Crippen molar-refractivity contribution in [2.45, 2.75) is 0 Å². The van der Waals surface area contributed by atoms with Crippen LogP contribution in [-0.2, 0) is 4.74 Å². The summed E-state index contributed by atoms with van der Waals surface area (Å²) in [6, 6.07) is 11.5. The zero-order chi connectivity index (χ0) is 19.1. The highest BCUT2D eigenvalue weighted by Gasteiger charge is 2.14. The molecule has 0 saturated carbocycles. The first-order valence-electron chi connectivity index (χ1n) is 9.19. The summed E-state index contributed by atoms with van der Waals surface area (Å²) in [5, 5.41) is 6.07. The molecule has 2 aromatic rings. The molecule has 1 aromatic heterocycles. The Morgan fingerprint density at radius 1 is 1.15 bits per heavy atom. The maximum atomic E-state index is 12.5. The van der Waals surface area contributed by atoms with Crippen LogP contribution in [0.2, 0.25) is 0 Å². The molecule has 1 aliphatic heterocycles. The highest BCUT2D eigenvalue weighted by molar-refractivity contribution is 6.04. The van der Waals surface area contributed by atoms with Gasteiger partial charge in [-0.15, -0.1) is 0 Å². The predicted molar refractivity (Wildman–Crippen MR) is 109 cm³/mol. The molecule has 1 aromatic carbocycles. The molecule has 27 heavy (non-hydrogen) atoms. The number of pyridine rings is 1. The fourth-order valence-electron chi connectivity index (χ4n) is 2.97. The van der Waals surface area contributed by atoms with Crippen molar-refractivity contribution in [3.8, 4) is 0 Å². The lowest BCUT2D eigenvalue weighted by molar-refractivity contribution is 0.102. The van der Waals surface area contributed by atoms with E-state index in [2.05, 4.69) is 44.6 Å². The molecule has 2 heterocycles. The van der Waals surface area contributed by atoms with Crippen LogP contribution in [-0.4, -0.2) is 69.3 Å². The van der Waals surface area contributed by atoms with Crippen molar-refractivity contribution in [1.29, 1.82) is 0 Å². The van der Waals surface area contributed by atoms with Gasteiger partial charge in [-0.25, -0.2) is 4.98 Å². The minimum absolute atomic E-state index is 0.153. The molecule has 2 N–H and O–H groups in total. The molecule has 0 spiro atoms. The van der Waals surface area contributed by atoms with Crippen LogP contribution in [0.3, 0.4) is 0 Å². The molecule has 7 nitrogen and oxygen atoms in total. The summed E-state index contributed by atoms with van der Waals surface area (Å²) in [6.07, 6.45) is 1.63. The van der Waals surface area contributed by atoms with E-state index >= 15 is 0 Å². The van der Waals surface area contributed by atoms with Gasteiger partial charge >= 0.3 is 0 Å². The maximum absolute atomic E-state index is 12.5. The van der Waals surface area contributed by atoms with E-state index < -0.39 is 0 Å². The van der Waals surface area contributed by atoms with E-state index in [1.807, 2.05) is 12.1 Å². The fraction of sp³-hybridized carbons (Fsp3) is 0.400. The molecule has 1 aliphatic rings. The zero-order valence-corrected chi connectivity index (χ0v) is 15.9. The average molecular weight is 369 g/mol. The lowest BCUT2D eigenvalue weighted by Crippen LogP contribution is -2.44. The van der Waals surface area contributed by atoms with Gasteiger partial charge in [0.25, 0.3) is 5.91 Å². The Balaban J connectivity index is 1.58. The maximum Gasteiger partial charge on any atom is 0.255 e. The molecular weight excluding hydrogens is 342 g/mol. The number of nitrogens with zero attached hydrogens (tertiary/aromatic N) is 3. The van der Waals surface area contributed by atoms with Gasteiger partial charge in [0.2, 0.25) is 0 Å². The van der Waals surface area contributed by atoms with Crippen LogP contribution in [0.4, 0.5) is 17.2 Å². The van der Waals surface area contributed by atoms with Crippen LogP contribution < -0.4 is 15.5 Å². The van der Waals surface area contributed by atoms with Crippen LogP contribution in [0.25, 0.3) is 0 Å². The number of hydrogen-bond donors (Lipinski definition) is 2. The third-order valence-electron chi connectivity index (χ3n) is 4.63. The molecule has 3 rings (SSSR count). The Labute approximate surface area is 160 Å². The topological polar surface area (TPSA) is 69.7 Å². The van der Waals surface area contributed by atoms with E-state index in [-0.39, 0.29) is 5.91 Å². The number of anilines is 3. The number of methoxy groups -OCH3 is 1. The molecule has 144 valence electrons. The molecule has 1 amide bonds. The van der Waals surface area contributed by atoms with Gasteiger partial charge in [0.1, 0.15) is 5.82 Å². The van der Waals surface area contributed by atoms with Gasteiger partial charge in [0.05, 0.1) is 6.61 Å². The number of benzene rings is 1. The molecule has 0 bridgehead atoms. The largest absolute Gasteiger partial charge is 0.383 e. The summed E-state index contributed by atoms with van der Waals surface area (Å²) in [6.45, 7) is 5.42. The first kappa shape index (κ1) is 19.1. The van der Waals surface area contributed by atoms with E-state index in [1.54, 1.807) is 25.4 Å². The standard InChI is InChI=1S/C20H27N5O2/c1-24-10-12-25(13-11-24)18-5-3-17(4-6-18)23-20(26)16-7-8-21-19(15-16)22-9-14-27-2/h3-8,15H,9-14H2,1-2H3,(H,21,22)(H,23,26). The van der Waals surface area contributed by atoms with Gasteiger partial charge in [0.15, 0.2) is 0 Å². The molecule has 0 unspecified atom stereocenters. The Morgan fingerprint density at radius 2 is 1.89 bits per heavy atom. The minimum atomic E-state index is -0.153. The second kappa shape index (κ2) is 9.34. The monoisotopic (exact) mass is 369 g/mol. The summed E-state index contributed by atoms with van der Waals surface area (Å²) in [7, 11) is 3.79. The summed E-state index contributed by atoms with van der Waals surface area (Å²) >= 11 is 0. The van der Waals surface area contributed by atoms with Crippen molar-refractivity contribution in [1.82, 2.24) is 9.88 Å². The molecular formula is C20H27N5O2. The number of likely N-dealkylation sites (N-methyl/N-ethyl adjacent to an activating group) is 1.